The number of nitrogens with zero attached hydrogens (tertiary/aromatic N) is 1. The molecule has 0 bridgehead atoms. The molecule has 0 radical (unpaired) electrons. The number of sulfone groups is 1. The molecule has 6 nitrogen and oxygen atoms in total. The molecule has 4 rings (SSSR count). The van der Waals surface area contributed by atoms with Crippen molar-refractivity contribution in [1.82, 2.24) is 10.0 Å². The van der Waals surface area contributed by atoms with Crippen LogP contribution in [0, 0.1) is 5.82 Å². The molecular formula is C23H19FN2O4S. The molecule has 0 aliphatic heterocycles. The Kier molecular flexibility index (Phi) is 5.34. The Balaban J connectivity index is 1.71. The van der Waals surface area contributed by atoms with Crippen LogP contribution in [0.25, 0.3) is 22.0 Å². The van der Waals surface area contributed by atoms with Gasteiger partial charge in [0.15, 0.2) is 9.84 Å². The number of nitrogens with one attached hydrogen (secondary N) is 1. The van der Waals surface area contributed by atoms with Gasteiger partial charge in [0, 0.05) is 40.8 Å². The third kappa shape index (κ3) is 3.95. The van der Waals surface area contributed by atoms with Crippen LogP contribution in [0.3, 0.4) is 0 Å². The third-order valence-electron chi connectivity index (χ3n) is 5.15. The normalized spacial score (nSPS) is 11.6. The molecule has 0 aliphatic rings. The number of carbonyl (C=O) groups is 1. The molecule has 2 N–H and O–H groups in total. The van der Waals surface area contributed by atoms with Gasteiger partial charge in [-0.15, -0.1) is 0 Å². The maximum absolute atomic E-state index is 14.4. The lowest BCUT2D eigenvalue weighted by molar-refractivity contribution is 0.0706. The standard InChI is InChI=1S/C23H19FN2O4S/c1-26-13-20(18-4-2-3-5-21(18)24)19-12-15(6-11-22(19)26)14-31(29,30)17-9-7-16(8-10-17)23(27)25-28/h2-13,28H,14H2,1H3,(H,25,27). The molecule has 0 unspecified atom stereocenters. The Morgan fingerprint density at radius 1 is 1.03 bits per heavy atom. The average Bonchev–Trinajstić information content (AvgIpc) is 3.09. The second-order valence-corrected chi connectivity index (χ2v) is 9.20. The number of halogens is 1. The first-order valence-electron chi connectivity index (χ1n) is 9.40. The Morgan fingerprint density at radius 3 is 2.42 bits per heavy atom. The minimum absolute atomic E-state index is 0.0597. The molecule has 3 aromatic carbocycles. The summed E-state index contributed by atoms with van der Waals surface area (Å²) in [6.07, 6.45) is 1.83. The van der Waals surface area contributed by atoms with Crippen LogP contribution in [0.2, 0.25) is 0 Å². The first kappa shape index (κ1) is 20.8. The van der Waals surface area contributed by atoms with Gasteiger partial charge in [0.2, 0.25) is 0 Å². The number of hydrogen-bond acceptors (Lipinski definition) is 4. The van der Waals surface area contributed by atoms with E-state index in [-0.39, 0.29) is 22.0 Å². The molecule has 1 heterocycles. The SMILES string of the molecule is Cn1cc(-c2ccccc2F)c2cc(CS(=O)(=O)c3ccc(C(=O)NO)cc3)ccc21. The van der Waals surface area contributed by atoms with Crippen molar-refractivity contribution in [3.63, 3.8) is 0 Å². The maximum atomic E-state index is 14.4. The van der Waals surface area contributed by atoms with E-state index in [0.29, 0.717) is 16.7 Å². The van der Waals surface area contributed by atoms with Crippen LogP contribution >= 0.6 is 0 Å². The Labute approximate surface area is 178 Å². The molecule has 0 spiro atoms. The number of rotatable bonds is 5. The van der Waals surface area contributed by atoms with Gasteiger partial charge in [-0.05, 0) is 48.0 Å². The van der Waals surface area contributed by atoms with Crippen LogP contribution in [0.1, 0.15) is 15.9 Å². The summed E-state index contributed by atoms with van der Waals surface area (Å²) in [6.45, 7) is 0. The van der Waals surface area contributed by atoms with Gasteiger partial charge in [-0.25, -0.2) is 18.3 Å². The molecule has 0 saturated heterocycles. The fourth-order valence-electron chi connectivity index (χ4n) is 3.60. The number of amides is 1. The molecule has 0 fully saturated rings. The van der Waals surface area contributed by atoms with Crippen LogP contribution in [0.5, 0.6) is 0 Å². The van der Waals surface area contributed by atoms with Crippen LogP contribution in [0.15, 0.2) is 77.8 Å². The average molecular weight is 438 g/mol. The van der Waals surface area contributed by atoms with Gasteiger partial charge in [-0.3, -0.25) is 10.0 Å². The monoisotopic (exact) mass is 438 g/mol. The Bertz CT molecular complexity index is 1390. The highest BCUT2D eigenvalue weighted by Gasteiger charge is 2.18. The zero-order chi connectivity index (χ0) is 22.2. The van der Waals surface area contributed by atoms with Gasteiger partial charge < -0.3 is 4.57 Å². The molecule has 1 aromatic heterocycles. The first-order chi connectivity index (χ1) is 14.8. The van der Waals surface area contributed by atoms with Crippen LogP contribution in [-0.4, -0.2) is 24.1 Å². The molecule has 0 aliphatic carbocycles. The topological polar surface area (TPSA) is 88.4 Å². The van der Waals surface area contributed by atoms with Crippen molar-refractivity contribution in [2.75, 3.05) is 0 Å². The first-order valence-corrected chi connectivity index (χ1v) is 11.1. The van der Waals surface area contributed by atoms with E-state index in [9.17, 15) is 17.6 Å². The van der Waals surface area contributed by atoms with E-state index in [1.165, 1.54) is 35.8 Å². The number of benzene rings is 3. The molecule has 31 heavy (non-hydrogen) atoms. The summed E-state index contributed by atoms with van der Waals surface area (Å²) >= 11 is 0. The maximum Gasteiger partial charge on any atom is 0.274 e. The van der Waals surface area contributed by atoms with E-state index in [4.69, 9.17) is 5.21 Å². The van der Waals surface area contributed by atoms with Gasteiger partial charge in [-0.1, -0.05) is 24.3 Å². The predicted octanol–water partition coefficient (Wildman–Crippen LogP) is 4.08. The minimum Gasteiger partial charge on any atom is -0.350 e. The van der Waals surface area contributed by atoms with E-state index in [0.717, 1.165) is 10.9 Å². The molecular weight excluding hydrogens is 419 g/mol. The van der Waals surface area contributed by atoms with Gasteiger partial charge in [0.1, 0.15) is 5.82 Å². The van der Waals surface area contributed by atoms with Crippen molar-refractivity contribution in [2.24, 2.45) is 7.05 Å². The lowest BCUT2D eigenvalue weighted by atomic mass is 10.0. The number of aryl methyl sites for hydroxylation is 1. The zero-order valence-corrected chi connectivity index (χ0v) is 17.4. The second-order valence-electron chi connectivity index (χ2n) is 7.21. The van der Waals surface area contributed by atoms with Crippen LogP contribution < -0.4 is 5.48 Å². The molecule has 1 amide bonds. The number of aromatic nitrogens is 1. The second kappa shape index (κ2) is 7.98. The third-order valence-corrected chi connectivity index (χ3v) is 6.86. The van der Waals surface area contributed by atoms with Crippen molar-refractivity contribution >= 4 is 26.6 Å². The van der Waals surface area contributed by atoms with Gasteiger partial charge >= 0.3 is 0 Å². The van der Waals surface area contributed by atoms with E-state index in [2.05, 4.69) is 0 Å². The van der Waals surface area contributed by atoms with E-state index in [1.54, 1.807) is 30.3 Å². The fourth-order valence-corrected chi connectivity index (χ4v) is 4.94. The van der Waals surface area contributed by atoms with Crippen molar-refractivity contribution in [1.29, 1.82) is 0 Å². The van der Waals surface area contributed by atoms with Crippen molar-refractivity contribution in [2.45, 2.75) is 10.6 Å². The highest BCUT2D eigenvalue weighted by molar-refractivity contribution is 7.90. The van der Waals surface area contributed by atoms with E-state index in [1.807, 2.05) is 23.9 Å². The van der Waals surface area contributed by atoms with Gasteiger partial charge in [0.05, 0.1) is 10.6 Å². The lowest BCUT2D eigenvalue weighted by Gasteiger charge is -2.07. The van der Waals surface area contributed by atoms with E-state index < -0.39 is 15.7 Å². The zero-order valence-electron chi connectivity index (χ0n) is 16.5. The molecule has 4 aromatic rings. The lowest BCUT2D eigenvalue weighted by Crippen LogP contribution is -2.18. The molecule has 0 atom stereocenters. The highest BCUT2D eigenvalue weighted by atomic mass is 32.2. The summed E-state index contributed by atoms with van der Waals surface area (Å²) in [6, 6.07) is 17.1. The molecule has 0 saturated carbocycles. The number of carbonyl (C=O) groups excluding carboxylic acids is 1. The number of hydroxylamine groups is 1. The summed E-state index contributed by atoms with van der Waals surface area (Å²) in [5.74, 6) is -1.32. The fraction of sp³-hybridized carbons (Fsp3) is 0.0870. The van der Waals surface area contributed by atoms with Crippen LogP contribution in [-0.2, 0) is 22.6 Å². The molecule has 158 valence electrons. The van der Waals surface area contributed by atoms with Crippen molar-refractivity contribution in [3.8, 4) is 11.1 Å². The largest absolute Gasteiger partial charge is 0.350 e. The summed E-state index contributed by atoms with van der Waals surface area (Å²) < 4.78 is 42.0. The Hall–Kier alpha value is -3.49. The number of hydrogen-bond donors (Lipinski definition) is 2. The summed E-state index contributed by atoms with van der Waals surface area (Å²) in [4.78, 5) is 11.5. The van der Waals surface area contributed by atoms with Gasteiger partial charge in [0.25, 0.3) is 5.91 Å². The summed E-state index contributed by atoms with van der Waals surface area (Å²) in [5.41, 5.74) is 4.21. The summed E-state index contributed by atoms with van der Waals surface area (Å²) in [5, 5.41) is 9.44. The quantitative estimate of drug-likeness (QED) is 0.363. The highest BCUT2D eigenvalue weighted by Crippen LogP contribution is 2.33. The van der Waals surface area contributed by atoms with Crippen molar-refractivity contribution in [3.05, 3.63) is 89.9 Å². The van der Waals surface area contributed by atoms with E-state index >= 15 is 0 Å². The van der Waals surface area contributed by atoms with Crippen molar-refractivity contribution < 1.29 is 22.8 Å². The Morgan fingerprint density at radius 2 is 1.74 bits per heavy atom. The smallest absolute Gasteiger partial charge is 0.274 e. The predicted molar refractivity (Wildman–Crippen MR) is 115 cm³/mol. The van der Waals surface area contributed by atoms with Gasteiger partial charge in [-0.2, -0.15) is 0 Å². The summed E-state index contributed by atoms with van der Waals surface area (Å²) in [7, 11) is -1.83. The number of fused-ring (bicyclic) bond motifs is 1. The minimum atomic E-state index is -3.69. The van der Waals surface area contributed by atoms with Crippen LogP contribution in [0.4, 0.5) is 4.39 Å². The molecule has 8 heteroatoms.